The van der Waals surface area contributed by atoms with Crippen molar-refractivity contribution >= 4 is 40.4 Å². The molecule has 0 fully saturated rings. The SMILES string of the molecule is CCOC(=O)c1ccc(NC(=O)[C@@H]2CC(=O)N=C(N)S2)cc1. The molecule has 1 atom stereocenters. The molecule has 0 spiro atoms. The van der Waals surface area contributed by atoms with Gasteiger partial charge in [-0.05, 0) is 31.2 Å². The Labute approximate surface area is 131 Å². The van der Waals surface area contributed by atoms with Crippen molar-refractivity contribution < 1.29 is 19.1 Å². The van der Waals surface area contributed by atoms with Crippen LogP contribution in [0, 0.1) is 0 Å². The number of amides is 2. The van der Waals surface area contributed by atoms with Crippen LogP contribution in [0.4, 0.5) is 5.69 Å². The van der Waals surface area contributed by atoms with Crippen LogP contribution in [0.1, 0.15) is 23.7 Å². The number of nitrogens with one attached hydrogen (secondary N) is 1. The highest BCUT2D eigenvalue weighted by Crippen LogP contribution is 2.22. The summed E-state index contributed by atoms with van der Waals surface area (Å²) in [6.07, 6.45) is 0.0120. The number of ether oxygens (including phenoxy) is 1. The number of hydrogen-bond acceptors (Lipinski definition) is 6. The lowest BCUT2D eigenvalue weighted by molar-refractivity contribution is -0.121. The van der Waals surface area contributed by atoms with E-state index < -0.39 is 17.1 Å². The maximum absolute atomic E-state index is 12.1. The van der Waals surface area contributed by atoms with Crippen molar-refractivity contribution in [3.05, 3.63) is 29.8 Å². The van der Waals surface area contributed by atoms with E-state index >= 15 is 0 Å². The van der Waals surface area contributed by atoms with Crippen LogP contribution in [0.2, 0.25) is 0 Å². The van der Waals surface area contributed by atoms with E-state index in [9.17, 15) is 14.4 Å². The molecule has 0 saturated heterocycles. The number of anilines is 1. The average Bonchev–Trinajstić information content (AvgIpc) is 2.47. The highest BCUT2D eigenvalue weighted by molar-refractivity contribution is 8.15. The molecule has 7 nitrogen and oxygen atoms in total. The molecule has 0 aromatic heterocycles. The van der Waals surface area contributed by atoms with Gasteiger partial charge in [0.1, 0.15) is 5.25 Å². The number of carbonyl (C=O) groups excluding carboxylic acids is 3. The average molecular weight is 321 g/mol. The third kappa shape index (κ3) is 4.08. The smallest absolute Gasteiger partial charge is 0.338 e. The molecule has 0 bridgehead atoms. The Morgan fingerprint density at radius 1 is 1.41 bits per heavy atom. The molecule has 0 saturated carbocycles. The highest BCUT2D eigenvalue weighted by atomic mass is 32.2. The van der Waals surface area contributed by atoms with E-state index in [0.29, 0.717) is 17.9 Å². The van der Waals surface area contributed by atoms with Crippen LogP contribution in [0.25, 0.3) is 0 Å². The van der Waals surface area contributed by atoms with Gasteiger partial charge in [0.25, 0.3) is 0 Å². The van der Waals surface area contributed by atoms with E-state index in [2.05, 4.69) is 10.3 Å². The molecule has 1 aliphatic heterocycles. The van der Waals surface area contributed by atoms with Crippen molar-refractivity contribution in [2.75, 3.05) is 11.9 Å². The Bertz CT molecular complexity index is 627. The first-order valence-electron chi connectivity index (χ1n) is 6.61. The second-order valence-corrected chi connectivity index (χ2v) is 5.66. The predicted octanol–water partition coefficient (Wildman–Crippen LogP) is 1.15. The van der Waals surface area contributed by atoms with E-state index in [1.165, 1.54) is 0 Å². The van der Waals surface area contributed by atoms with Crippen molar-refractivity contribution in [2.24, 2.45) is 10.7 Å². The first-order chi connectivity index (χ1) is 10.5. The number of aliphatic imine (C=N–C) groups is 1. The molecular formula is C14H15N3O4S. The van der Waals surface area contributed by atoms with Crippen molar-refractivity contribution in [3.63, 3.8) is 0 Å². The molecule has 8 heteroatoms. The Hall–Kier alpha value is -2.35. The fourth-order valence-electron chi connectivity index (χ4n) is 1.81. The molecule has 22 heavy (non-hydrogen) atoms. The van der Waals surface area contributed by atoms with Gasteiger partial charge < -0.3 is 15.8 Å². The fourth-order valence-corrected chi connectivity index (χ4v) is 2.65. The fraction of sp³-hybridized carbons (Fsp3) is 0.286. The van der Waals surface area contributed by atoms with Crippen molar-refractivity contribution in [2.45, 2.75) is 18.6 Å². The van der Waals surface area contributed by atoms with Gasteiger partial charge in [0.15, 0.2) is 5.17 Å². The van der Waals surface area contributed by atoms with Crippen molar-refractivity contribution in [1.29, 1.82) is 0 Å². The van der Waals surface area contributed by atoms with E-state index in [4.69, 9.17) is 10.5 Å². The van der Waals surface area contributed by atoms with Gasteiger partial charge in [-0.3, -0.25) is 9.59 Å². The van der Waals surface area contributed by atoms with Crippen molar-refractivity contribution in [1.82, 2.24) is 0 Å². The van der Waals surface area contributed by atoms with E-state index in [-0.39, 0.29) is 17.5 Å². The lowest BCUT2D eigenvalue weighted by Crippen LogP contribution is -2.33. The van der Waals surface area contributed by atoms with Gasteiger partial charge in [0, 0.05) is 5.69 Å². The van der Waals surface area contributed by atoms with Crippen LogP contribution in [0.15, 0.2) is 29.3 Å². The topological polar surface area (TPSA) is 111 Å². The lowest BCUT2D eigenvalue weighted by Gasteiger charge is -2.17. The molecule has 1 aromatic rings. The van der Waals surface area contributed by atoms with Gasteiger partial charge in [0.2, 0.25) is 11.8 Å². The minimum atomic E-state index is -0.602. The number of rotatable bonds is 4. The molecule has 3 N–H and O–H groups in total. The zero-order chi connectivity index (χ0) is 16.1. The molecule has 0 aliphatic carbocycles. The molecular weight excluding hydrogens is 306 g/mol. The first kappa shape index (κ1) is 16.0. The second-order valence-electron chi connectivity index (χ2n) is 4.44. The van der Waals surface area contributed by atoms with E-state index in [1.54, 1.807) is 31.2 Å². The zero-order valence-electron chi connectivity index (χ0n) is 11.9. The third-order valence-electron chi connectivity index (χ3n) is 2.81. The molecule has 0 unspecified atom stereocenters. The monoisotopic (exact) mass is 321 g/mol. The minimum Gasteiger partial charge on any atom is -0.462 e. The summed E-state index contributed by atoms with van der Waals surface area (Å²) in [7, 11) is 0. The quantitative estimate of drug-likeness (QED) is 0.805. The summed E-state index contributed by atoms with van der Waals surface area (Å²) in [5, 5.41) is 2.17. The summed E-state index contributed by atoms with van der Waals surface area (Å²) in [4.78, 5) is 38.5. The van der Waals surface area contributed by atoms with E-state index in [1.807, 2.05) is 0 Å². The summed E-state index contributed by atoms with van der Waals surface area (Å²) >= 11 is 1.05. The number of amidine groups is 1. The molecule has 1 heterocycles. The minimum absolute atomic E-state index is 0.0120. The highest BCUT2D eigenvalue weighted by Gasteiger charge is 2.27. The maximum atomic E-state index is 12.1. The number of hydrogen-bond donors (Lipinski definition) is 2. The Kier molecular flexibility index (Phi) is 5.16. The molecule has 2 rings (SSSR count). The molecule has 1 aromatic carbocycles. The standard InChI is InChI=1S/C14H15N3O4S/c1-2-21-13(20)8-3-5-9(6-4-8)16-12(19)10-7-11(18)17-14(15)22-10/h3-6,10H,2,7H2,1H3,(H,16,19)(H2,15,17,18)/t10-/m0/s1. The van der Waals surface area contributed by atoms with Crippen LogP contribution in [0.5, 0.6) is 0 Å². The summed E-state index contributed by atoms with van der Waals surface area (Å²) in [5.41, 5.74) is 6.41. The predicted molar refractivity (Wildman–Crippen MR) is 83.7 cm³/mol. The van der Waals surface area contributed by atoms with Gasteiger partial charge >= 0.3 is 5.97 Å². The van der Waals surface area contributed by atoms with Crippen LogP contribution in [0.3, 0.4) is 0 Å². The lowest BCUT2D eigenvalue weighted by atomic mass is 10.2. The summed E-state index contributed by atoms with van der Waals surface area (Å²) < 4.78 is 4.87. The Morgan fingerprint density at radius 3 is 2.68 bits per heavy atom. The number of nitrogens with two attached hydrogens (primary N) is 1. The molecule has 1 aliphatic rings. The Balaban J connectivity index is 1.99. The van der Waals surface area contributed by atoms with Gasteiger partial charge in [-0.2, -0.15) is 4.99 Å². The summed E-state index contributed by atoms with van der Waals surface area (Å²) in [6.45, 7) is 2.03. The number of benzene rings is 1. The van der Waals surface area contributed by atoms with Gasteiger partial charge in [-0.1, -0.05) is 11.8 Å². The van der Waals surface area contributed by atoms with Crippen LogP contribution < -0.4 is 11.1 Å². The third-order valence-corrected chi connectivity index (χ3v) is 3.81. The number of carbonyl (C=O) groups is 3. The molecule has 0 radical (unpaired) electrons. The molecule has 2 amide bonds. The largest absolute Gasteiger partial charge is 0.462 e. The summed E-state index contributed by atoms with van der Waals surface area (Å²) in [5.74, 6) is -1.16. The number of thioether (sulfide) groups is 1. The second kappa shape index (κ2) is 7.08. The number of esters is 1. The van der Waals surface area contributed by atoms with Crippen molar-refractivity contribution in [3.8, 4) is 0 Å². The van der Waals surface area contributed by atoms with Gasteiger partial charge in [-0.25, -0.2) is 4.79 Å². The first-order valence-corrected chi connectivity index (χ1v) is 7.49. The zero-order valence-corrected chi connectivity index (χ0v) is 12.7. The van der Waals surface area contributed by atoms with E-state index in [0.717, 1.165) is 11.8 Å². The summed E-state index contributed by atoms with van der Waals surface area (Å²) in [6, 6.07) is 6.30. The van der Waals surface area contributed by atoms with Crippen LogP contribution in [-0.2, 0) is 14.3 Å². The molecule has 116 valence electrons. The van der Waals surface area contributed by atoms with Crippen LogP contribution in [-0.4, -0.2) is 34.8 Å². The number of nitrogens with zero attached hydrogens (tertiary/aromatic N) is 1. The van der Waals surface area contributed by atoms with Gasteiger partial charge in [-0.15, -0.1) is 0 Å². The Morgan fingerprint density at radius 2 is 2.09 bits per heavy atom. The van der Waals surface area contributed by atoms with Crippen LogP contribution >= 0.6 is 11.8 Å². The maximum Gasteiger partial charge on any atom is 0.338 e. The normalized spacial score (nSPS) is 17.6. The van der Waals surface area contributed by atoms with Gasteiger partial charge in [0.05, 0.1) is 18.6 Å².